The maximum absolute atomic E-state index is 12.8. The molecular formula is C68H124O6. The molecule has 1 unspecified atom stereocenters. The lowest BCUT2D eigenvalue weighted by atomic mass is 10.0. The number of rotatable bonds is 60. The van der Waals surface area contributed by atoms with Gasteiger partial charge in [0.2, 0.25) is 0 Å². The van der Waals surface area contributed by atoms with E-state index in [1.165, 1.54) is 225 Å². The van der Waals surface area contributed by atoms with Gasteiger partial charge in [-0.2, -0.15) is 0 Å². The lowest BCUT2D eigenvalue weighted by Gasteiger charge is -2.18. The van der Waals surface area contributed by atoms with Crippen LogP contribution in [0.1, 0.15) is 348 Å². The SMILES string of the molecule is CC/C=C\C/C=C\C/C=C\C/C=C\CCCCC(=O)OC(COC(=O)CCCCCCCCC)COC(=O)CCCCCCCCCCCCCCCCCCCCCCCCCCCCCCCCCCCC. The first-order chi connectivity index (χ1) is 36.5. The van der Waals surface area contributed by atoms with Crippen molar-refractivity contribution in [3.63, 3.8) is 0 Å². The summed E-state index contributed by atoms with van der Waals surface area (Å²) >= 11 is 0. The zero-order valence-electron chi connectivity index (χ0n) is 49.6. The third-order valence-corrected chi connectivity index (χ3v) is 14.6. The van der Waals surface area contributed by atoms with Crippen LogP contribution in [-0.4, -0.2) is 37.2 Å². The van der Waals surface area contributed by atoms with Gasteiger partial charge in [-0.05, 0) is 57.8 Å². The highest BCUT2D eigenvalue weighted by atomic mass is 16.6. The number of allylic oxidation sites excluding steroid dienone is 8. The van der Waals surface area contributed by atoms with Gasteiger partial charge in [0.05, 0.1) is 0 Å². The lowest BCUT2D eigenvalue weighted by molar-refractivity contribution is -0.167. The van der Waals surface area contributed by atoms with Crippen molar-refractivity contribution in [1.29, 1.82) is 0 Å². The second-order valence-electron chi connectivity index (χ2n) is 22.0. The van der Waals surface area contributed by atoms with Gasteiger partial charge in [-0.3, -0.25) is 14.4 Å². The van der Waals surface area contributed by atoms with Crippen molar-refractivity contribution in [3.8, 4) is 0 Å². The third kappa shape index (κ3) is 60.2. The largest absolute Gasteiger partial charge is 0.462 e. The highest BCUT2D eigenvalue weighted by Gasteiger charge is 2.19. The van der Waals surface area contributed by atoms with Crippen molar-refractivity contribution in [2.45, 2.75) is 354 Å². The molecule has 0 fully saturated rings. The van der Waals surface area contributed by atoms with Gasteiger partial charge in [-0.15, -0.1) is 0 Å². The number of esters is 3. The van der Waals surface area contributed by atoms with E-state index in [1.54, 1.807) is 0 Å². The van der Waals surface area contributed by atoms with Gasteiger partial charge < -0.3 is 14.2 Å². The van der Waals surface area contributed by atoms with Crippen LogP contribution in [0, 0.1) is 0 Å². The summed E-state index contributed by atoms with van der Waals surface area (Å²) in [5.41, 5.74) is 0. The van der Waals surface area contributed by atoms with Crippen LogP contribution in [0.25, 0.3) is 0 Å². The number of carbonyl (C=O) groups is 3. The number of hydrogen-bond acceptors (Lipinski definition) is 6. The molecule has 74 heavy (non-hydrogen) atoms. The standard InChI is InChI=1S/C68H124O6/c1-4-7-10-13-16-18-20-22-24-25-26-27-28-29-30-31-32-33-34-35-36-37-38-39-40-41-42-44-45-47-49-52-55-58-61-67(70)73-64-65(63-72-66(69)60-57-54-51-15-12-9-6-3)74-68(71)62-59-56-53-50-48-46-43-23-21-19-17-14-11-8-5-2/h8,11,17,19,23,43,48,50,65H,4-7,9-10,12-16,18,20-22,24-42,44-47,49,51-64H2,1-3H3/b11-8-,19-17-,43-23-,50-48-. The fourth-order valence-electron chi connectivity index (χ4n) is 9.73. The van der Waals surface area contributed by atoms with Gasteiger partial charge in [0.1, 0.15) is 13.2 Å². The van der Waals surface area contributed by atoms with E-state index in [0.717, 1.165) is 77.0 Å². The van der Waals surface area contributed by atoms with Gasteiger partial charge in [0.25, 0.3) is 0 Å². The molecule has 0 saturated carbocycles. The smallest absolute Gasteiger partial charge is 0.306 e. The minimum atomic E-state index is -0.790. The molecule has 0 aliphatic heterocycles. The first-order valence-corrected chi connectivity index (χ1v) is 32.6. The predicted octanol–water partition coefficient (Wildman–Crippen LogP) is 22.2. The van der Waals surface area contributed by atoms with Crippen LogP contribution in [-0.2, 0) is 28.6 Å². The first-order valence-electron chi connectivity index (χ1n) is 32.6. The quantitative estimate of drug-likeness (QED) is 0.0261. The van der Waals surface area contributed by atoms with Crippen molar-refractivity contribution in [1.82, 2.24) is 0 Å². The maximum atomic E-state index is 12.8. The third-order valence-electron chi connectivity index (χ3n) is 14.6. The lowest BCUT2D eigenvalue weighted by Crippen LogP contribution is -2.30. The summed E-state index contributed by atoms with van der Waals surface area (Å²) in [4.78, 5) is 38.0. The zero-order valence-corrected chi connectivity index (χ0v) is 49.6. The average Bonchev–Trinajstić information content (AvgIpc) is 3.40. The molecular weight excluding hydrogens is 913 g/mol. The van der Waals surface area contributed by atoms with Gasteiger partial charge in [-0.1, -0.05) is 320 Å². The molecule has 432 valence electrons. The van der Waals surface area contributed by atoms with Crippen molar-refractivity contribution in [2.24, 2.45) is 0 Å². The molecule has 6 nitrogen and oxygen atoms in total. The first kappa shape index (κ1) is 71.4. The second-order valence-corrected chi connectivity index (χ2v) is 22.0. The molecule has 0 bridgehead atoms. The summed E-state index contributed by atoms with van der Waals surface area (Å²) in [6, 6.07) is 0. The number of ether oxygens (including phenoxy) is 3. The number of hydrogen-bond donors (Lipinski definition) is 0. The van der Waals surface area contributed by atoms with E-state index >= 15 is 0 Å². The molecule has 6 heteroatoms. The Morgan fingerprint density at radius 3 is 0.824 bits per heavy atom. The normalized spacial score (nSPS) is 12.3. The fourth-order valence-corrected chi connectivity index (χ4v) is 9.73. The molecule has 0 aliphatic rings. The highest BCUT2D eigenvalue weighted by molar-refractivity contribution is 5.71. The minimum Gasteiger partial charge on any atom is -0.462 e. The second kappa shape index (κ2) is 62.9. The minimum absolute atomic E-state index is 0.0864. The molecule has 0 radical (unpaired) electrons. The summed E-state index contributed by atoms with van der Waals surface area (Å²) < 4.78 is 16.8. The molecule has 0 aromatic rings. The summed E-state index contributed by atoms with van der Waals surface area (Å²) in [6.45, 7) is 6.49. The van der Waals surface area contributed by atoms with Crippen molar-refractivity contribution >= 4 is 17.9 Å². The van der Waals surface area contributed by atoms with Crippen LogP contribution in [0.15, 0.2) is 48.6 Å². The molecule has 0 aromatic carbocycles. The summed E-state index contributed by atoms with van der Waals surface area (Å²) in [5, 5.41) is 0. The fraction of sp³-hybridized carbons (Fsp3) is 0.838. The van der Waals surface area contributed by atoms with Gasteiger partial charge >= 0.3 is 17.9 Å². The van der Waals surface area contributed by atoms with Gasteiger partial charge in [0.15, 0.2) is 6.10 Å². The van der Waals surface area contributed by atoms with Crippen LogP contribution >= 0.6 is 0 Å². The highest BCUT2D eigenvalue weighted by Crippen LogP contribution is 2.18. The van der Waals surface area contributed by atoms with Gasteiger partial charge in [-0.25, -0.2) is 0 Å². The Balaban J connectivity index is 3.94. The summed E-state index contributed by atoms with van der Waals surface area (Å²) in [5.74, 6) is -0.921. The average molecular weight is 1040 g/mol. The Hall–Kier alpha value is -2.63. The monoisotopic (exact) mass is 1040 g/mol. The van der Waals surface area contributed by atoms with Crippen molar-refractivity contribution in [3.05, 3.63) is 48.6 Å². The topological polar surface area (TPSA) is 78.9 Å². The predicted molar refractivity (Wildman–Crippen MR) is 321 cm³/mol. The van der Waals surface area contributed by atoms with E-state index in [0.29, 0.717) is 19.3 Å². The van der Waals surface area contributed by atoms with Crippen LogP contribution < -0.4 is 0 Å². The molecule has 0 rings (SSSR count). The Kier molecular flexibility index (Phi) is 60.7. The Labute approximate surface area is 460 Å². The van der Waals surface area contributed by atoms with E-state index < -0.39 is 6.10 Å². The van der Waals surface area contributed by atoms with Gasteiger partial charge in [0, 0.05) is 19.3 Å². The molecule has 0 amide bonds. The van der Waals surface area contributed by atoms with E-state index in [-0.39, 0.29) is 37.5 Å². The number of unbranched alkanes of at least 4 members (excludes halogenated alkanes) is 41. The summed E-state index contributed by atoms with van der Waals surface area (Å²) in [6.07, 6.45) is 79.1. The van der Waals surface area contributed by atoms with Crippen LogP contribution in [0.4, 0.5) is 0 Å². The van der Waals surface area contributed by atoms with E-state index in [1.807, 2.05) is 0 Å². The molecule has 0 aliphatic carbocycles. The van der Waals surface area contributed by atoms with E-state index in [4.69, 9.17) is 14.2 Å². The maximum Gasteiger partial charge on any atom is 0.306 e. The molecule has 0 saturated heterocycles. The van der Waals surface area contributed by atoms with E-state index in [2.05, 4.69) is 69.4 Å². The van der Waals surface area contributed by atoms with Crippen molar-refractivity contribution in [2.75, 3.05) is 13.2 Å². The van der Waals surface area contributed by atoms with Crippen LogP contribution in [0.2, 0.25) is 0 Å². The van der Waals surface area contributed by atoms with E-state index in [9.17, 15) is 14.4 Å². The Morgan fingerprint density at radius 2 is 0.527 bits per heavy atom. The van der Waals surface area contributed by atoms with Crippen molar-refractivity contribution < 1.29 is 28.6 Å². The molecule has 0 heterocycles. The molecule has 0 spiro atoms. The van der Waals surface area contributed by atoms with Crippen LogP contribution in [0.5, 0.6) is 0 Å². The molecule has 0 aromatic heterocycles. The Bertz CT molecular complexity index is 1280. The summed E-state index contributed by atoms with van der Waals surface area (Å²) in [7, 11) is 0. The number of carbonyl (C=O) groups excluding carboxylic acids is 3. The Morgan fingerprint density at radius 1 is 0.284 bits per heavy atom. The zero-order chi connectivity index (χ0) is 53.6. The van der Waals surface area contributed by atoms with Crippen LogP contribution in [0.3, 0.4) is 0 Å². The molecule has 1 atom stereocenters. The molecule has 0 N–H and O–H groups in total.